The third-order valence-corrected chi connectivity index (χ3v) is 2.00. The van der Waals surface area contributed by atoms with E-state index in [1.807, 2.05) is 0 Å². The summed E-state index contributed by atoms with van der Waals surface area (Å²) in [5.41, 5.74) is 0. The first-order valence-corrected chi connectivity index (χ1v) is 7.35. The standard InChI is InChI=1S/4C2H4OS2.Mo/c4*1-3-2(4)5;/h4*1H3,(H,4,5);/q;;;;+4/p-4. The van der Waals surface area contributed by atoms with Gasteiger partial charge in [0, 0.05) is 17.5 Å². The Kier molecular flexibility index (Phi) is 46.8. The number of hydrogen-bond donors (Lipinski definition) is 0. The van der Waals surface area contributed by atoms with Crippen molar-refractivity contribution < 1.29 is 40.0 Å². The summed E-state index contributed by atoms with van der Waals surface area (Å²) in [5.74, 6) is 0. The molecule has 0 aromatic carbocycles. The molecule has 0 heterocycles. The van der Waals surface area contributed by atoms with E-state index in [2.05, 4.69) is 118 Å². The van der Waals surface area contributed by atoms with Crippen LogP contribution >= 0.6 is 48.9 Å². The van der Waals surface area contributed by atoms with Crippen molar-refractivity contribution in [3.8, 4) is 0 Å². The van der Waals surface area contributed by atoms with Gasteiger partial charge in [0.25, 0.3) is 0 Å². The topological polar surface area (TPSA) is 36.9 Å². The largest absolute Gasteiger partial charge is 4.00 e. The van der Waals surface area contributed by atoms with Gasteiger partial charge in [0.2, 0.25) is 0 Å². The van der Waals surface area contributed by atoms with Gasteiger partial charge in [-0.25, -0.2) is 0 Å². The van der Waals surface area contributed by atoms with Crippen molar-refractivity contribution in [2.24, 2.45) is 0 Å². The fourth-order valence-corrected chi connectivity index (χ4v) is 0. The zero-order valence-electron chi connectivity index (χ0n) is 11.3. The van der Waals surface area contributed by atoms with Crippen LogP contribution in [0.15, 0.2) is 0 Å². The summed E-state index contributed by atoms with van der Waals surface area (Å²) in [4.78, 5) is 0. The third kappa shape index (κ3) is 92.8. The number of rotatable bonds is 0. The maximum absolute atomic E-state index is 4.30. The summed E-state index contributed by atoms with van der Waals surface area (Å²) in [6.07, 6.45) is 0. The van der Waals surface area contributed by atoms with Crippen LogP contribution in [0.3, 0.4) is 0 Å². The maximum atomic E-state index is 4.30. The molecule has 122 valence electrons. The van der Waals surface area contributed by atoms with Gasteiger partial charge < -0.3 is 118 Å². The minimum atomic E-state index is 0. The van der Waals surface area contributed by atoms with Gasteiger partial charge in [0.05, 0.1) is 28.4 Å². The van der Waals surface area contributed by atoms with Gasteiger partial charge in [-0.2, -0.15) is 0 Å². The summed E-state index contributed by atoms with van der Waals surface area (Å²) >= 11 is 34.3. The fraction of sp³-hybridized carbons (Fsp3) is 0.500. The van der Waals surface area contributed by atoms with Gasteiger partial charge in [-0.1, -0.05) is 0 Å². The number of methoxy groups -OCH3 is 4. The molecule has 0 fully saturated rings. The fourth-order valence-electron chi connectivity index (χ4n) is 0. The Labute approximate surface area is 183 Å². The smallest absolute Gasteiger partial charge is 0.517 e. The zero-order chi connectivity index (χ0) is 17.1. The molecule has 4 nitrogen and oxygen atoms in total. The summed E-state index contributed by atoms with van der Waals surface area (Å²) < 4.78 is 17.9. The van der Waals surface area contributed by atoms with E-state index in [0.717, 1.165) is 0 Å². The molecule has 13 heteroatoms. The Morgan fingerprint density at radius 1 is 0.524 bits per heavy atom. The number of thiocarbonyl (C=S) groups is 4. The van der Waals surface area contributed by atoms with Crippen molar-refractivity contribution in [2.75, 3.05) is 28.4 Å². The SMILES string of the molecule is COC(=S)[S-].COC(=S)[S-].COC(=S)[S-].COC(=S)[S-].[Mo+4]. The van der Waals surface area contributed by atoms with Crippen molar-refractivity contribution in [3.05, 3.63) is 0 Å². The van der Waals surface area contributed by atoms with E-state index in [4.69, 9.17) is 0 Å². The number of ether oxygens (including phenoxy) is 4. The first-order chi connectivity index (χ1) is 9.08. The van der Waals surface area contributed by atoms with Gasteiger partial charge in [0.15, 0.2) is 0 Å². The minimum absolute atomic E-state index is 0. The Morgan fingerprint density at radius 3 is 0.571 bits per heavy atom. The monoisotopic (exact) mass is 526 g/mol. The van der Waals surface area contributed by atoms with E-state index in [1.54, 1.807) is 0 Å². The molecule has 0 aliphatic rings. The average molecular weight is 525 g/mol. The zero-order valence-corrected chi connectivity index (χ0v) is 19.8. The van der Waals surface area contributed by atoms with Crippen LogP contribution in [0.1, 0.15) is 0 Å². The molecule has 0 radical (unpaired) electrons. The first-order valence-electron chi connectivity index (χ1n) is 4.08. The van der Waals surface area contributed by atoms with Gasteiger partial charge >= 0.3 is 21.1 Å². The Morgan fingerprint density at radius 2 is 0.571 bits per heavy atom. The third-order valence-electron chi connectivity index (χ3n) is 0.667. The molecule has 0 N–H and O–H groups in total. The van der Waals surface area contributed by atoms with E-state index in [-0.39, 0.29) is 38.6 Å². The predicted molar refractivity (Wildman–Crippen MR) is 108 cm³/mol. The van der Waals surface area contributed by atoms with Crippen LogP contribution in [0, 0.1) is 0 Å². The molecular formula is C8H12MoO4S8. The van der Waals surface area contributed by atoms with Crippen molar-refractivity contribution in [1.82, 2.24) is 0 Å². The van der Waals surface area contributed by atoms with Gasteiger partial charge in [-0.15, -0.1) is 0 Å². The molecule has 0 aromatic rings. The predicted octanol–water partition coefficient (Wildman–Crippen LogP) is 1.86. The van der Waals surface area contributed by atoms with E-state index >= 15 is 0 Å². The van der Waals surface area contributed by atoms with E-state index in [9.17, 15) is 0 Å². The van der Waals surface area contributed by atoms with Gasteiger partial charge in [-0.3, -0.25) is 0 Å². The molecule has 0 bridgehead atoms. The second-order valence-corrected chi connectivity index (χ2v) is 5.82. The normalized spacial score (nSPS) is 6.29. The molecule has 0 aliphatic carbocycles. The molecule has 0 saturated carbocycles. The van der Waals surface area contributed by atoms with Crippen LogP contribution in [0.2, 0.25) is 0 Å². The Balaban J connectivity index is -0.0000000533. The van der Waals surface area contributed by atoms with Crippen molar-refractivity contribution in [2.45, 2.75) is 0 Å². The van der Waals surface area contributed by atoms with Crippen LogP contribution < -0.4 is 0 Å². The van der Waals surface area contributed by atoms with Gasteiger partial charge in [0.1, 0.15) is 0 Å². The van der Waals surface area contributed by atoms with Crippen molar-refractivity contribution >= 4 is 117 Å². The number of hydrogen-bond acceptors (Lipinski definition) is 12. The average Bonchev–Trinajstić information content (AvgIpc) is 2.40. The van der Waals surface area contributed by atoms with Crippen LogP contribution in [-0.4, -0.2) is 46.0 Å². The van der Waals surface area contributed by atoms with Crippen molar-refractivity contribution in [3.63, 3.8) is 0 Å². The maximum Gasteiger partial charge on any atom is 4.00 e. The van der Waals surface area contributed by atoms with Crippen LogP contribution in [-0.2, 0) is 90.5 Å². The molecule has 0 atom stereocenters. The molecule has 0 aliphatic heterocycles. The Hall–Kier alpha value is 1.13. The van der Waals surface area contributed by atoms with Crippen molar-refractivity contribution in [1.29, 1.82) is 0 Å². The summed E-state index contributed by atoms with van der Waals surface area (Å²) in [7, 11) is 5.81. The molecule has 21 heavy (non-hydrogen) atoms. The van der Waals surface area contributed by atoms with E-state index in [0.29, 0.717) is 0 Å². The first kappa shape index (κ1) is 33.7. The summed E-state index contributed by atoms with van der Waals surface area (Å²) in [6.45, 7) is 0. The Bertz CT molecular complexity index is 233. The molecule has 0 aromatic heterocycles. The van der Waals surface area contributed by atoms with E-state index in [1.165, 1.54) is 28.4 Å². The van der Waals surface area contributed by atoms with E-state index < -0.39 is 0 Å². The van der Waals surface area contributed by atoms with Crippen LogP contribution in [0.4, 0.5) is 0 Å². The summed E-state index contributed by atoms with van der Waals surface area (Å²) in [6, 6.07) is 0. The molecule has 0 rings (SSSR count). The van der Waals surface area contributed by atoms with Crippen LogP contribution in [0.5, 0.6) is 0 Å². The second-order valence-electron chi connectivity index (χ2n) is 1.82. The second kappa shape index (κ2) is 29.2. The summed E-state index contributed by atoms with van der Waals surface area (Å²) in [5, 5.41) is 0. The molecule has 0 unspecified atom stereocenters. The van der Waals surface area contributed by atoms with Gasteiger partial charge in [-0.05, 0) is 0 Å². The quantitative estimate of drug-likeness (QED) is 0.264. The molecule has 0 saturated heterocycles. The molecular weight excluding hydrogens is 513 g/mol. The minimum Gasteiger partial charge on any atom is -0.517 e. The van der Waals surface area contributed by atoms with Crippen LogP contribution in [0.25, 0.3) is 0 Å². The molecule has 0 amide bonds. The molecule has 0 spiro atoms.